The molecule has 0 aliphatic heterocycles. The minimum absolute atomic E-state index is 0.180. The second kappa shape index (κ2) is 3.95. The Balaban J connectivity index is 2.10. The van der Waals surface area contributed by atoms with Crippen molar-refractivity contribution < 1.29 is 18.3 Å². The van der Waals surface area contributed by atoms with Crippen molar-refractivity contribution in [1.82, 2.24) is 0 Å². The lowest BCUT2D eigenvalue weighted by Crippen LogP contribution is -2.52. The Morgan fingerprint density at radius 1 is 1.31 bits per heavy atom. The fraction of sp³-hybridized carbons (Fsp3) is 0.909. The van der Waals surface area contributed by atoms with Crippen LogP contribution in [0.2, 0.25) is 0 Å². The Morgan fingerprint density at radius 3 is 2.25 bits per heavy atom. The quantitative estimate of drug-likeness (QED) is 0.699. The molecule has 0 heterocycles. The summed E-state index contributed by atoms with van der Waals surface area (Å²) in [4.78, 5) is 11.4. The summed E-state index contributed by atoms with van der Waals surface area (Å²) in [5.41, 5.74) is 5.92. The Morgan fingerprint density at radius 2 is 1.81 bits per heavy atom. The van der Waals surface area contributed by atoms with Crippen LogP contribution in [0, 0.1) is 17.8 Å². The molecular weight excluding hydrogens is 216 g/mol. The van der Waals surface area contributed by atoms with Gasteiger partial charge < -0.3 is 10.5 Å². The van der Waals surface area contributed by atoms with Gasteiger partial charge in [0.05, 0.1) is 13.0 Å². The van der Waals surface area contributed by atoms with Crippen LogP contribution in [0.25, 0.3) is 0 Å². The second-order valence-electron chi connectivity index (χ2n) is 5.05. The van der Waals surface area contributed by atoms with Gasteiger partial charge in [-0.25, -0.2) is 8.78 Å². The Kier molecular flexibility index (Phi) is 2.90. The van der Waals surface area contributed by atoms with Gasteiger partial charge in [-0.05, 0) is 24.7 Å². The lowest BCUT2D eigenvalue weighted by molar-refractivity contribution is -0.153. The maximum Gasteiger partial charge on any atom is 0.308 e. The highest BCUT2D eigenvalue weighted by Gasteiger charge is 2.50. The third-order valence-electron chi connectivity index (χ3n) is 3.92. The number of alkyl halides is 2. The number of methoxy groups -OCH3 is 1. The summed E-state index contributed by atoms with van der Waals surface area (Å²) in [6.45, 7) is 0. The molecule has 2 atom stereocenters. The molecule has 0 aromatic rings. The average Bonchev–Trinajstić information content (AvgIpc) is 2.19. The van der Waals surface area contributed by atoms with E-state index in [2.05, 4.69) is 4.74 Å². The molecule has 16 heavy (non-hydrogen) atoms. The van der Waals surface area contributed by atoms with Gasteiger partial charge in [-0.1, -0.05) is 0 Å². The van der Waals surface area contributed by atoms with Crippen molar-refractivity contribution in [3.8, 4) is 0 Å². The van der Waals surface area contributed by atoms with Crippen LogP contribution in [0.3, 0.4) is 0 Å². The predicted octanol–water partition coefficient (Wildman–Crippen LogP) is 1.56. The zero-order valence-electron chi connectivity index (χ0n) is 9.29. The maximum atomic E-state index is 13.3. The molecule has 2 aliphatic rings. The van der Waals surface area contributed by atoms with E-state index in [1.54, 1.807) is 0 Å². The number of fused-ring (bicyclic) bond motifs is 2. The molecule has 2 saturated carbocycles. The molecule has 0 saturated heterocycles. The van der Waals surface area contributed by atoms with Gasteiger partial charge in [0, 0.05) is 18.9 Å². The van der Waals surface area contributed by atoms with E-state index < -0.39 is 5.92 Å². The molecule has 5 heteroatoms. The summed E-state index contributed by atoms with van der Waals surface area (Å²) in [7, 11) is 1.33. The fourth-order valence-corrected chi connectivity index (χ4v) is 3.17. The lowest BCUT2D eigenvalue weighted by Gasteiger charge is -2.45. The summed E-state index contributed by atoms with van der Waals surface area (Å²) in [6.07, 6.45) is 0.524. The Hall–Kier alpha value is -0.710. The third-order valence-corrected chi connectivity index (χ3v) is 3.92. The van der Waals surface area contributed by atoms with E-state index in [1.165, 1.54) is 7.11 Å². The molecule has 2 rings (SSSR count). The summed E-state index contributed by atoms with van der Waals surface area (Å²) < 4.78 is 31.3. The molecule has 0 aromatic heterocycles. The molecule has 0 aromatic carbocycles. The summed E-state index contributed by atoms with van der Waals surface area (Å²) in [5, 5.41) is 0. The number of ether oxygens (including phenoxy) is 1. The number of hydrogen-bond donors (Lipinski definition) is 1. The highest BCUT2D eigenvalue weighted by Crippen LogP contribution is 2.48. The van der Waals surface area contributed by atoms with Crippen LogP contribution in [0.4, 0.5) is 8.78 Å². The van der Waals surface area contributed by atoms with E-state index in [0.717, 1.165) is 0 Å². The first-order chi connectivity index (χ1) is 7.43. The number of nitrogens with two attached hydrogens (primary N) is 1. The fourth-order valence-electron chi connectivity index (χ4n) is 3.17. The summed E-state index contributed by atoms with van der Waals surface area (Å²) >= 11 is 0. The molecular formula is C11H17F2NO2. The van der Waals surface area contributed by atoms with Crippen LogP contribution in [0.1, 0.15) is 25.7 Å². The summed E-state index contributed by atoms with van der Waals surface area (Å²) in [6, 6.07) is -0.180. The number of esters is 1. The lowest BCUT2D eigenvalue weighted by atomic mass is 9.64. The zero-order valence-corrected chi connectivity index (χ0v) is 9.29. The van der Waals surface area contributed by atoms with Gasteiger partial charge >= 0.3 is 5.97 Å². The van der Waals surface area contributed by atoms with E-state index in [9.17, 15) is 13.6 Å². The van der Waals surface area contributed by atoms with Gasteiger partial charge in [0.1, 0.15) is 0 Å². The third kappa shape index (κ3) is 2.05. The van der Waals surface area contributed by atoms with Crippen molar-refractivity contribution >= 4 is 5.97 Å². The highest BCUT2D eigenvalue weighted by molar-refractivity contribution is 5.72. The van der Waals surface area contributed by atoms with E-state index in [-0.39, 0.29) is 42.6 Å². The van der Waals surface area contributed by atoms with Crippen molar-refractivity contribution in [2.45, 2.75) is 37.6 Å². The SMILES string of the molecule is COC(=O)C1CC2CC(F)(F)CC(C1)C2N. The van der Waals surface area contributed by atoms with E-state index in [0.29, 0.717) is 12.8 Å². The minimum Gasteiger partial charge on any atom is -0.469 e. The molecule has 92 valence electrons. The number of rotatable bonds is 1. The van der Waals surface area contributed by atoms with E-state index in [4.69, 9.17) is 5.73 Å². The van der Waals surface area contributed by atoms with E-state index >= 15 is 0 Å². The van der Waals surface area contributed by atoms with Gasteiger partial charge in [-0.3, -0.25) is 4.79 Å². The van der Waals surface area contributed by atoms with Gasteiger partial charge in [0.2, 0.25) is 5.92 Å². The number of halogens is 2. The smallest absolute Gasteiger partial charge is 0.308 e. The van der Waals surface area contributed by atoms with Gasteiger partial charge in [0.15, 0.2) is 0 Å². The molecule has 0 radical (unpaired) electrons. The second-order valence-corrected chi connectivity index (χ2v) is 5.05. The van der Waals surface area contributed by atoms with Crippen LogP contribution < -0.4 is 5.73 Å². The largest absolute Gasteiger partial charge is 0.469 e. The molecule has 2 N–H and O–H groups in total. The highest BCUT2D eigenvalue weighted by atomic mass is 19.3. The van der Waals surface area contributed by atoms with Crippen molar-refractivity contribution in [1.29, 1.82) is 0 Å². The van der Waals surface area contributed by atoms with Gasteiger partial charge in [-0.2, -0.15) is 0 Å². The minimum atomic E-state index is -2.60. The Labute approximate surface area is 93.3 Å². The molecule has 2 unspecified atom stereocenters. The molecule has 2 aliphatic carbocycles. The zero-order chi connectivity index (χ0) is 11.9. The topological polar surface area (TPSA) is 52.3 Å². The van der Waals surface area contributed by atoms with E-state index in [1.807, 2.05) is 0 Å². The maximum absolute atomic E-state index is 13.3. The van der Waals surface area contributed by atoms with Crippen molar-refractivity contribution in [2.75, 3.05) is 7.11 Å². The Bertz CT molecular complexity index is 278. The van der Waals surface area contributed by atoms with Crippen LogP contribution >= 0.6 is 0 Å². The van der Waals surface area contributed by atoms with Crippen LogP contribution in [-0.4, -0.2) is 25.0 Å². The van der Waals surface area contributed by atoms with Crippen LogP contribution in [0.15, 0.2) is 0 Å². The summed E-state index contributed by atoms with van der Waals surface area (Å²) in [5.74, 6) is -3.62. The van der Waals surface area contributed by atoms with Crippen molar-refractivity contribution in [3.05, 3.63) is 0 Å². The van der Waals surface area contributed by atoms with Crippen LogP contribution in [-0.2, 0) is 9.53 Å². The number of hydrogen-bond acceptors (Lipinski definition) is 3. The monoisotopic (exact) mass is 233 g/mol. The molecule has 3 nitrogen and oxygen atoms in total. The first kappa shape index (κ1) is 11.8. The predicted molar refractivity (Wildman–Crippen MR) is 53.9 cm³/mol. The number of carbonyl (C=O) groups is 1. The molecule has 0 spiro atoms. The van der Waals surface area contributed by atoms with Crippen molar-refractivity contribution in [2.24, 2.45) is 23.5 Å². The average molecular weight is 233 g/mol. The first-order valence-electron chi connectivity index (χ1n) is 5.64. The standard InChI is InChI=1S/C11H17F2NO2/c1-16-10(15)6-2-7-4-11(12,13)5-8(3-6)9(7)14/h6-9H,2-5,14H2,1H3. The molecule has 0 amide bonds. The van der Waals surface area contributed by atoms with Gasteiger partial charge in [0.25, 0.3) is 0 Å². The van der Waals surface area contributed by atoms with Crippen LogP contribution in [0.5, 0.6) is 0 Å². The molecule has 2 bridgehead atoms. The van der Waals surface area contributed by atoms with Crippen molar-refractivity contribution in [3.63, 3.8) is 0 Å². The normalized spacial score (nSPS) is 41.5. The van der Waals surface area contributed by atoms with Gasteiger partial charge in [-0.15, -0.1) is 0 Å². The number of carbonyl (C=O) groups excluding carboxylic acids is 1. The molecule has 2 fully saturated rings. The first-order valence-corrected chi connectivity index (χ1v) is 5.64.